The van der Waals surface area contributed by atoms with Crippen LogP contribution in [0.5, 0.6) is 0 Å². The number of carbonyl (C=O) groups is 1. The zero-order valence-electron chi connectivity index (χ0n) is 9.13. The van der Waals surface area contributed by atoms with Gasteiger partial charge in [-0.2, -0.15) is 0 Å². The van der Waals surface area contributed by atoms with E-state index in [0.29, 0.717) is 5.69 Å². The van der Waals surface area contributed by atoms with Crippen molar-refractivity contribution in [3.05, 3.63) is 48.1 Å². The number of aliphatic carboxylic acids is 1. The fraction of sp³-hybridized carbons (Fsp3) is 0.154. The van der Waals surface area contributed by atoms with Gasteiger partial charge in [-0.3, -0.25) is 0 Å². The molecule has 0 bridgehead atoms. The molecule has 0 saturated heterocycles. The van der Waals surface area contributed by atoms with E-state index in [9.17, 15) is 9.90 Å². The van der Waals surface area contributed by atoms with Crippen molar-refractivity contribution in [1.29, 1.82) is 0 Å². The second kappa shape index (κ2) is 4.07. The molecule has 4 N–H and O–H groups in total. The molecule has 1 unspecified atom stereocenters. The third-order valence-corrected chi connectivity index (χ3v) is 2.78. The smallest absolute Gasteiger partial charge is 0.340 e. The van der Waals surface area contributed by atoms with E-state index in [0.717, 1.165) is 11.1 Å². The van der Waals surface area contributed by atoms with Crippen LogP contribution in [0.25, 0.3) is 5.57 Å². The summed E-state index contributed by atoms with van der Waals surface area (Å²) in [7, 11) is 0. The van der Waals surface area contributed by atoms with E-state index in [1.165, 1.54) is 6.08 Å². The highest BCUT2D eigenvalue weighted by Gasteiger charge is 2.35. The first kappa shape index (κ1) is 11.4. The summed E-state index contributed by atoms with van der Waals surface area (Å²) in [6.07, 6.45) is 4.70. The molecule has 1 atom stereocenters. The monoisotopic (exact) mass is 231 g/mol. The van der Waals surface area contributed by atoms with Crippen LogP contribution in [0.1, 0.15) is 12.0 Å². The van der Waals surface area contributed by atoms with Crippen molar-refractivity contribution in [1.82, 2.24) is 0 Å². The largest absolute Gasteiger partial charge is 0.479 e. The second-order valence-corrected chi connectivity index (χ2v) is 4.08. The van der Waals surface area contributed by atoms with Gasteiger partial charge in [0.25, 0.3) is 0 Å². The number of carboxylic acid groups (broad SMARTS) is 1. The number of nitrogens with two attached hydrogens (primary N) is 1. The van der Waals surface area contributed by atoms with Crippen LogP contribution >= 0.6 is 0 Å². The number of hydrogen-bond acceptors (Lipinski definition) is 3. The zero-order valence-corrected chi connectivity index (χ0v) is 9.13. The molecule has 0 amide bonds. The zero-order chi connectivity index (χ0) is 12.5. The SMILES string of the molecule is Nc1ccc(C2=CC=CC(O)(C(=O)O)C2)cc1. The number of nitrogen functional groups attached to an aromatic ring is 1. The molecule has 1 aliphatic carbocycles. The average molecular weight is 231 g/mol. The second-order valence-electron chi connectivity index (χ2n) is 4.08. The Morgan fingerprint density at radius 2 is 1.94 bits per heavy atom. The van der Waals surface area contributed by atoms with Gasteiger partial charge in [-0.25, -0.2) is 4.79 Å². The first-order valence-corrected chi connectivity index (χ1v) is 5.21. The van der Waals surface area contributed by atoms with Gasteiger partial charge in [-0.05, 0) is 29.3 Å². The van der Waals surface area contributed by atoms with Crippen molar-refractivity contribution in [2.24, 2.45) is 0 Å². The first-order valence-electron chi connectivity index (χ1n) is 5.21. The minimum absolute atomic E-state index is 0.0583. The fourth-order valence-electron chi connectivity index (χ4n) is 1.77. The van der Waals surface area contributed by atoms with Crippen LogP contribution in [0, 0.1) is 0 Å². The molecule has 88 valence electrons. The third-order valence-electron chi connectivity index (χ3n) is 2.78. The van der Waals surface area contributed by atoms with E-state index >= 15 is 0 Å². The lowest BCUT2D eigenvalue weighted by molar-refractivity contribution is -0.153. The summed E-state index contributed by atoms with van der Waals surface area (Å²) in [4.78, 5) is 11.0. The molecule has 0 aliphatic heterocycles. The topological polar surface area (TPSA) is 83.5 Å². The van der Waals surface area contributed by atoms with Gasteiger partial charge >= 0.3 is 5.97 Å². The molecule has 0 spiro atoms. The standard InChI is InChI=1S/C13H13NO3/c14-11-5-3-9(4-6-11)10-2-1-7-13(17,8-10)12(15)16/h1-7,17H,8,14H2,(H,15,16). The van der Waals surface area contributed by atoms with Crippen LogP contribution in [0.2, 0.25) is 0 Å². The molecular formula is C13H13NO3. The van der Waals surface area contributed by atoms with Crippen LogP contribution in [-0.4, -0.2) is 21.8 Å². The van der Waals surface area contributed by atoms with Crippen molar-refractivity contribution in [2.45, 2.75) is 12.0 Å². The number of allylic oxidation sites excluding steroid dienone is 2. The molecule has 1 aromatic carbocycles. The highest BCUT2D eigenvalue weighted by molar-refractivity contribution is 5.85. The molecule has 17 heavy (non-hydrogen) atoms. The Hall–Kier alpha value is -2.07. The average Bonchev–Trinajstić information content (AvgIpc) is 2.30. The lowest BCUT2D eigenvalue weighted by atomic mass is 9.86. The van der Waals surface area contributed by atoms with Gasteiger partial charge in [-0.1, -0.05) is 24.3 Å². The first-order chi connectivity index (χ1) is 8.01. The fourth-order valence-corrected chi connectivity index (χ4v) is 1.77. The van der Waals surface area contributed by atoms with E-state index in [2.05, 4.69) is 0 Å². The summed E-state index contributed by atoms with van der Waals surface area (Å²) < 4.78 is 0. The molecule has 1 aromatic rings. The van der Waals surface area contributed by atoms with Crippen LogP contribution in [-0.2, 0) is 4.79 Å². The van der Waals surface area contributed by atoms with Crippen molar-refractivity contribution < 1.29 is 15.0 Å². The summed E-state index contributed by atoms with van der Waals surface area (Å²) in [6.45, 7) is 0. The lowest BCUT2D eigenvalue weighted by Crippen LogP contribution is -2.37. The number of anilines is 1. The summed E-state index contributed by atoms with van der Waals surface area (Å²) >= 11 is 0. The van der Waals surface area contributed by atoms with E-state index in [-0.39, 0.29) is 6.42 Å². The molecule has 0 aromatic heterocycles. The van der Waals surface area contributed by atoms with Gasteiger partial charge in [0.15, 0.2) is 5.60 Å². The van der Waals surface area contributed by atoms with Crippen LogP contribution in [0.15, 0.2) is 42.5 Å². The van der Waals surface area contributed by atoms with Gasteiger partial charge in [0.05, 0.1) is 0 Å². The molecule has 0 radical (unpaired) electrons. The summed E-state index contributed by atoms with van der Waals surface area (Å²) in [5, 5.41) is 18.8. The Kier molecular flexibility index (Phi) is 2.73. The Labute approximate surface area is 98.7 Å². The predicted octanol–water partition coefficient (Wildman–Crippen LogP) is 1.43. The Morgan fingerprint density at radius 1 is 1.29 bits per heavy atom. The summed E-state index contributed by atoms with van der Waals surface area (Å²) in [5.74, 6) is -1.24. The normalized spacial score (nSPS) is 23.2. The highest BCUT2D eigenvalue weighted by Crippen LogP contribution is 2.30. The van der Waals surface area contributed by atoms with Crippen molar-refractivity contribution in [3.63, 3.8) is 0 Å². The van der Waals surface area contributed by atoms with E-state index < -0.39 is 11.6 Å². The van der Waals surface area contributed by atoms with Gasteiger partial charge in [0, 0.05) is 12.1 Å². The number of carboxylic acids is 1. The molecule has 2 rings (SSSR count). The van der Waals surface area contributed by atoms with Gasteiger partial charge in [-0.15, -0.1) is 0 Å². The van der Waals surface area contributed by atoms with Gasteiger partial charge in [0.2, 0.25) is 0 Å². The summed E-state index contributed by atoms with van der Waals surface area (Å²) in [6, 6.07) is 7.10. The van der Waals surface area contributed by atoms with Gasteiger partial charge in [0.1, 0.15) is 0 Å². The number of aliphatic hydroxyl groups is 1. The Balaban J connectivity index is 2.30. The maximum Gasteiger partial charge on any atom is 0.340 e. The van der Waals surface area contributed by atoms with Crippen LogP contribution in [0.3, 0.4) is 0 Å². The summed E-state index contributed by atoms with van der Waals surface area (Å²) in [5.41, 5.74) is 6.05. The van der Waals surface area contributed by atoms with Crippen molar-refractivity contribution in [2.75, 3.05) is 5.73 Å². The molecule has 0 fully saturated rings. The quantitative estimate of drug-likeness (QED) is 0.672. The Morgan fingerprint density at radius 3 is 2.53 bits per heavy atom. The van der Waals surface area contributed by atoms with Gasteiger partial charge < -0.3 is 15.9 Å². The Bertz CT molecular complexity index is 502. The molecule has 0 saturated carbocycles. The van der Waals surface area contributed by atoms with Crippen molar-refractivity contribution >= 4 is 17.2 Å². The van der Waals surface area contributed by atoms with Crippen LogP contribution in [0.4, 0.5) is 5.69 Å². The number of benzene rings is 1. The number of hydrogen-bond donors (Lipinski definition) is 3. The highest BCUT2D eigenvalue weighted by atomic mass is 16.4. The minimum Gasteiger partial charge on any atom is -0.479 e. The maximum atomic E-state index is 11.0. The molecule has 4 heteroatoms. The predicted molar refractivity (Wildman–Crippen MR) is 65.2 cm³/mol. The third kappa shape index (κ3) is 2.21. The van der Waals surface area contributed by atoms with Crippen LogP contribution < -0.4 is 5.73 Å². The molecular weight excluding hydrogens is 218 g/mol. The minimum atomic E-state index is -1.81. The van der Waals surface area contributed by atoms with E-state index in [1.807, 2.05) is 12.1 Å². The number of rotatable bonds is 2. The molecule has 4 nitrogen and oxygen atoms in total. The maximum absolute atomic E-state index is 11.0. The van der Waals surface area contributed by atoms with Crippen molar-refractivity contribution in [3.8, 4) is 0 Å². The lowest BCUT2D eigenvalue weighted by Gasteiger charge is -2.24. The van der Waals surface area contributed by atoms with E-state index in [1.54, 1.807) is 24.3 Å². The molecule has 0 heterocycles. The molecule has 1 aliphatic rings. The van der Waals surface area contributed by atoms with E-state index in [4.69, 9.17) is 10.8 Å².